The van der Waals surface area contributed by atoms with E-state index in [0.29, 0.717) is 5.92 Å². The first-order valence-corrected chi connectivity index (χ1v) is 8.01. The molecule has 1 aromatic rings. The average molecular weight is 279 g/mol. The van der Waals surface area contributed by atoms with Crippen LogP contribution in [0.2, 0.25) is 0 Å². The Morgan fingerprint density at radius 1 is 1.30 bits per heavy atom. The molecule has 1 aliphatic carbocycles. The van der Waals surface area contributed by atoms with E-state index in [4.69, 9.17) is 5.84 Å². The van der Waals surface area contributed by atoms with E-state index < -0.39 is 0 Å². The van der Waals surface area contributed by atoms with Crippen molar-refractivity contribution in [2.75, 3.05) is 0 Å². The van der Waals surface area contributed by atoms with Crippen molar-refractivity contribution in [2.24, 2.45) is 23.6 Å². The molecule has 1 aliphatic rings. The van der Waals surface area contributed by atoms with Crippen LogP contribution in [-0.2, 0) is 6.54 Å². The molecule has 20 heavy (non-hydrogen) atoms. The monoisotopic (exact) mass is 279 g/mol. The standard InChI is InChI=1S/C15H29N5/c1-4-9-20-14(10-17-19-20)15(18-16)13-7-5-12(6-8-13)11(2)3/h10-13,15,18H,4-9,16H2,1-3H3. The van der Waals surface area contributed by atoms with Gasteiger partial charge in [-0.3, -0.25) is 11.3 Å². The zero-order chi connectivity index (χ0) is 14.5. The first-order valence-electron chi connectivity index (χ1n) is 8.01. The maximum absolute atomic E-state index is 5.84. The third kappa shape index (κ3) is 3.38. The molecule has 5 heteroatoms. The highest BCUT2D eigenvalue weighted by atomic mass is 15.4. The van der Waals surface area contributed by atoms with Crippen molar-refractivity contribution in [3.8, 4) is 0 Å². The highest BCUT2D eigenvalue weighted by molar-refractivity contribution is 5.04. The second kappa shape index (κ2) is 7.18. The molecule has 0 aliphatic heterocycles. The molecule has 0 bridgehead atoms. The second-order valence-electron chi connectivity index (χ2n) is 6.45. The Labute approximate surface area is 122 Å². The van der Waals surface area contributed by atoms with E-state index in [1.807, 2.05) is 10.9 Å². The van der Waals surface area contributed by atoms with Gasteiger partial charge in [0.25, 0.3) is 0 Å². The highest BCUT2D eigenvalue weighted by Gasteiger charge is 2.30. The second-order valence-corrected chi connectivity index (χ2v) is 6.45. The summed E-state index contributed by atoms with van der Waals surface area (Å²) in [5.74, 6) is 8.11. The zero-order valence-electron chi connectivity index (χ0n) is 13.0. The molecule has 0 saturated heterocycles. The van der Waals surface area contributed by atoms with Gasteiger partial charge in [0.15, 0.2) is 0 Å². The maximum Gasteiger partial charge on any atom is 0.0772 e. The predicted molar refractivity (Wildman–Crippen MR) is 80.7 cm³/mol. The first-order chi connectivity index (χ1) is 9.67. The Hall–Kier alpha value is -0.940. The SMILES string of the molecule is CCCn1nncc1C(NN)C1CCC(C(C)C)CC1. The average Bonchev–Trinajstić information content (AvgIpc) is 2.89. The minimum atomic E-state index is 0.185. The molecule has 1 heterocycles. The van der Waals surface area contributed by atoms with Gasteiger partial charge < -0.3 is 0 Å². The third-order valence-electron chi connectivity index (χ3n) is 4.81. The topological polar surface area (TPSA) is 68.8 Å². The Bertz CT molecular complexity index is 393. The number of nitrogens with two attached hydrogens (primary N) is 1. The van der Waals surface area contributed by atoms with E-state index >= 15 is 0 Å². The Morgan fingerprint density at radius 3 is 2.50 bits per heavy atom. The Morgan fingerprint density at radius 2 is 1.95 bits per heavy atom. The van der Waals surface area contributed by atoms with Gasteiger partial charge in [-0.1, -0.05) is 26.0 Å². The van der Waals surface area contributed by atoms with E-state index in [2.05, 4.69) is 36.5 Å². The van der Waals surface area contributed by atoms with Crippen LogP contribution in [0.15, 0.2) is 6.20 Å². The number of rotatable bonds is 6. The minimum absolute atomic E-state index is 0.185. The van der Waals surface area contributed by atoms with Crippen molar-refractivity contribution in [1.82, 2.24) is 20.4 Å². The van der Waals surface area contributed by atoms with Crippen LogP contribution in [0.25, 0.3) is 0 Å². The Balaban J connectivity index is 2.04. The van der Waals surface area contributed by atoms with Crippen LogP contribution in [0.4, 0.5) is 0 Å². The zero-order valence-corrected chi connectivity index (χ0v) is 13.0. The summed E-state index contributed by atoms with van der Waals surface area (Å²) in [6.07, 6.45) is 8.05. The molecule has 114 valence electrons. The number of nitrogens with zero attached hydrogens (tertiary/aromatic N) is 3. The molecule has 1 unspecified atom stereocenters. The number of hydrogen-bond donors (Lipinski definition) is 2. The van der Waals surface area contributed by atoms with Crippen molar-refractivity contribution in [3.05, 3.63) is 11.9 Å². The molecular formula is C15H29N5. The molecule has 3 N–H and O–H groups in total. The van der Waals surface area contributed by atoms with Gasteiger partial charge in [-0.25, -0.2) is 4.68 Å². The summed E-state index contributed by atoms with van der Waals surface area (Å²) in [7, 11) is 0. The van der Waals surface area contributed by atoms with Crippen molar-refractivity contribution >= 4 is 0 Å². The fourth-order valence-electron chi connectivity index (χ4n) is 3.50. The molecule has 5 nitrogen and oxygen atoms in total. The molecule has 1 fully saturated rings. The lowest BCUT2D eigenvalue weighted by Gasteiger charge is -2.35. The number of nitrogens with one attached hydrogen (secondary N) is 1. The van der Waals surface area contributed by atoms with Crippen LogP contribution < -0.4 is 11.3 Å². The van der Waals surface area contributed by atoms with E-state index in [0.717, 1.165) is 30.5 Å². The third-order valence-corrected chi connectivity index (χ3v) is 4.81. The molecule has 1 aromatic heterocycles. The smallest absolute Gasteiger partial charge is 0.0772 e. The van der Waals surface area contributed by atoms with Gasteiger partial charge in [-0.05, 0) is 49.9 Å². The molecule has 0 spiro atoms. The number of hydrazine groups is 1. The van der Waals surface area contributed by atoms with Gasteiger partial charge in [0.1, 0.15) is 0 Å². The van der Waals surface area contributed by atoms with E-state index in [9.17, 15) is 0 Å². The van der Waals surface area contributed by atoms with Crippen LogP contribution in [0.1, 0.15) is 64.6 Å². The number of aromatic nitrogens is 3. The van der Waals surface area contributed by atoms with E-state index in [1.54, 1.807) is 0 Å². The first kappa shape index (κ1) is 15.4. The number of aryl methyl sites for hydroxylation is 1. The van der Waals surface area contributed by atoms with Crippen LogP contribution in [-0.4, -0.2) is 15.0 Å². The predicted octanol–water partition coefficient (Wildman–Crippen LogP) is 2.65. The van der Waals surface area contributed by atoms with Crippen LogP contribution in [0, 0.1) is 17.8 Å². The molecule has 1 saturated carbocycles. The lowest BCUT2D eigenvalue weighted by molar-refractivity contribution is 0.185. The summed E-state index contributed by atoms with van der Waals surface area (Å²) in [6, 6.07) is 0.185. The van der Waals surface area contributed by atoms with Crippen molar-refractivity contribution < 1.29 is 0 Å². The summed E-state index contributed by atoms with van der Waals surface area (Å²) >= 11 is 0. The fourth-order valence-corrected chi connectivity index (χ4v) is 3.50. The van der Waals surface area contributed by atoms with Crippen molar-refractivity contribution in [1.29, 1.82) is 0 Å². The molecule has 2 rings (SSSR count). The minimum Gasteiger partial charge on any atom is -0.271 e. The van der Waals surface area contributed by atoms with Gasteiger partial charge in [0.05, 0.1) is 17.9 Å². The summed E-state index contributed by atoms with van der Waals surface area (Å²) in [4.78, 5) is 0. The van der Waals surface area contributed by atoms with Gasteiger partial charge in [-0.15, -0.1) is 5.10 Å². The van der Waals surface area contributed by atoms with Crippen molar-refractivity contribution in [3.63, 3.8) is 0 Å². The molecule has 0 aromatic carbocycles. The largest absolute Gasteiger partial charge is 0.271 e. The Kier molecular flexibility index (Phi) is 5.54. The van der Waals surface area contributed by atoms with Crippen LogP contribution in [0.5, 0.6) is 0 Å². The summed E-state index contributed by atoms with van der Waals surface area (Å²) in [5, 5.41) is 8.25. The van der Waals surface area contributed by atoms with E-state index in [-0.39, 0.29) is 6.04 Å². The summed E-state index contributed by atoms with van der Waals surface area (Å²) < 4.78 is 2.00. The normalized spacial score (nSPS) is 25.1. The fraction of sp³-hybridized carbons (Fsp3) is 0.867. The van der Waals surface area contributed by atoms with Crippen molar-refractivity contribution in [2.45, 2.75) is 65.5 Å². The highest BCUT2D eigenvalue weighted by Crippen LogP contribution is 2.38. The van der Waals surface area contributed by atoms with Gasteiger partial charge in [0, 0.05) is 6.54 Å². The molecule has 0 radical (unpaired) electrons. The molecule has 0 amide bonds. The van der Waals surface area contributed by atoms with Gasteiger partial charge in [0.2, 0.25) is 0 Å². The number of hydrogen-bond acceptors (Lipinski definition) is 4. The molecular weight excluding hydrogens is 250 g/mol. The quantitative estimate of drug-likeness (QED) is 0.620. The van der Waals surface area contributed by atoms with Gasteiger partial charge >= 0.3 is 0 Å². The maximum atomic E-state index is 5.84. The van der Waals surface area contributed by atoms with Crippen LogP contribution >= 0.6 is 0 Å². The lowest BCUT2D eigenvalue weighted by atomic mass is 9.74. The van der Waals surface area contributed by atoms with E-state index in [1.165, 1.54) is 25.7 Å². The lowest BCUT2D eigenvalue weighted by Crippen LogP contribution is -2.37. The summed E-state index contributed by atoms with van der Waals surface area (Å²) in [5.41, 5.74) is 4.16. The van der Waals surface area contributed by atoms with Crippen LogP contribution in [0.3, 0.4) is 0 Å². The van der Waals surface area contributed by atoms with Gasteiger partial charge in [-0.2, -0.15) is 0 Å². The summed E-state index contributed by atoms with van der Waals surface area (Å²) in [6.45, 7) is 7.74. The molecule has 1 atom stereocenters.